The van der Waals surface area contributed by atoms with Crippen molar-refractivity contribution in [3.63, 3.8) is 0 Å². The van der Waals surface area contributed by atoms with E-state index in [1.807, 2.05) is 52.8 Å². The first-order valence-corrected chi connectivity index (χ1v) is 13.6. The van der Waals surface area contributed by atoms with Gasteiger partial charge in [0.15, 0.2) is 0 Å². The van der Waals surface area contributed by atoms with E-state index in [2.05, 4.69) is 10.6 Å². The molecule has 0 saturated heterocycles. The molecule has 214 valence electrons. The molecule has 9 heteroatoms. The van der Waals surface area contributed by atoms with E-state index >= 15 is 0 Å². The fourth-order valence-electron chi connectivity index (χ4n) is 4.10. The van der Waals surface area contributed by atoms with Gasteiger partial charge in [0.2, 0.25) is 11.8 Å². The van der Waals surface area contributed by atoms with E-state index in [1.54, 1.807) is 27.7 Å². The van der Waals surface area contributed by atoms with E-state index in [1.165, 1.54) is 4.90 Å². The van der Waals surface area contributed by atoms with Crippen LogP contribution in [0.2, 0.25) is 0 Å². The summed E-state index contributed by atoms with van der Waals surface area (Å²) in [5, 5.41) is 5.57. The highest BCUT2D eigenvalue weighted by Gasteiger charge is 2.38. The zero-order valence-electron chi connectivity index (χ0n) is 24.6. The molecule has 0 aliphatic heterocycles. The van der Waals surface area contributed by atoms with E-state index in [0.717, 1.165) is 11.1 Å². The third-order valence-electron chi connectivity index (χ3n) is 6.11. The number of aryl methyl sites for hydroxylation is 2. The third-order valence-corrected chi connectivity index (χ3v) is 6.11. The lowest BCUT2D eigenvalue weighted by Gasteiger charge is -2.36. The number of benzene rings is 1. The lowest BCUT2D eigenvalue weighted by Crippen LogP contribution is -2.55. The first kappa shape index (κ1) is 32.9. The second kappa shape index (κ2) is 15.3. The summed E-state index contributed by atoms with van der Waals surface area (Å²) in [4.78, 5) is 53.8. The Morgan fingerprint density at radius 3 is 2.24 bits per heavy atom. The molecule has 0 aliphatic carbocycles. The van der Waals surface area contributed by atoms with Gasteiger partial charge in [0, 0.05) is 13.1 Å². The van der Waals surface area contributed by atoms with Crippen LogP contribution in [0.3, 0.4) is 0 Å². The minimum Gasteiger partial charge on any atom is -0.466 e. The number of ether oxygens (including phenoxy) is 2. The molecule has 0 fully saturated rings. The Balaban J connectivity index is 3.44. The number of carbonyl (C=O) groups is 4. The van der Waals surface area contributed by atoms with Crippen LogP contribution in [0.5, 0.6) is 0 Å². The summed E-state index contributed by atoms with van der Waals surface area (Å²) in [7, 11) is 0. The van der Waals surface area contributed by atoms with Crippen LogP contribution in [0.1, 0.15) is 90.5 Å². The molecule has 3 atom stereocenters. The van der Waals surface area contributed by atoms with Crippen LogP contribution < -0.4 is 10.6 Å². The van der Waals surface area contributed by atoms with Gasteiger partial charge in [-0.15, -0.1) is 0 Å². The van der Waals surface area contributed by atoms with Gasteiger partial charge in [0.05, 0.1) is 13.0 Å². The summed E-state index contributed by atoms with van der Waals surface area (Å²) in [6, 6.07) is 3.89. The van der Waals surface area contributed by atoms with Crippen molar-refractivity contribution >= 4 is 23.9 Å². The molecule has 1 rings (SSSR count). The van der Waals surface area contributed by atoms with Crippen molar-refractivity contribution in [2.24, 2.45) is 5.92 Å². The maximum absolute atomic E-state index is 14.1. The standard InChI is InChI=1S/C29H47N3O6/c1-10-17-32(27(35)24(20(5)11-2)31-28(36)38-29(7,8)9)25(22-14-13-19(4)18-21(22)6)26(34)30-16-15-23(33)37-12-3/h13-14,18,20,24-25H,10-12,15-17H2,1-9H3,(H,30,34)(H,31,36). The molecule has 1 aromatic carbocycles. The number of amides is 3. The van der Waals surface area contributed by atoms with Crippen molar-refractivity contribution in [3.8, 4) is 0 Å². The smallest absolute Gasteiger partial charge is 0.408 e. The normalized spacial score (nSPS) is 13.6. The molecule has 3 amide bonds. The second-order valence-electron chi connectivity index (χ2n) is 10.6. The SMILES string of the molecule is CCCN(C(=O)C(NC(=O)OC(C)(C)C)C(C)CC)C(C(=O)NCCC(=O)OCC)c1ccc(C)cc1C. The number of rotatable bonds is 13. The zero-order valence-corrected chi connectivity index (χ0v) is 24.6. The van der Waals surface area contributed by atoms with Crippen molar-refractivity contribution in [3.05, 3.63) is 34.9 Å². The van der Waals surface area contributed by atoms with Gasteiger partial charge in [-0.3, -0.25) is 14.4 Å². The van der Waals surface area contributed by atoms with Gasteiger partial charge in [-0.2, -0.15) is 0 Å². The van der Waals surface area contributed by atoms with Gasteiger partial charge in [0.1, 0.15) is 17.7 Å². The zero-order chi connectivity index (χ0) is 29.0. The number of nitrogens with zero attached hydrogens (tertiary/aromatic N) is 1. The number of esters is 1. The average molecular weight is 534 g/mol. The third kappa shape index (κ3) is 10.3. The van der Waals surface area contributed by atoms with E-state index in [-0.39, 0.29) is 31.4 Å². The van der Waals surface area contributed by atoms with E-state index < -0.39 is 35.7 Å². The van der Waals surface area contributed by atoms with Gasteiger partial charge in [0.25, 0.3) is 0 Å². The molecule has 0 radical (unpaired) electrons. The van der Waals surface area contributed by atoms with Crippen LogP contribution >= 0.6 is 0 Å². The van der Waals surface area contributed by atoms with E-state index in [0.29, 0.717) is 24.9 Å². The number of nitrogens with one attached hydrogen (secondary N) is 2. The van der Waals surface area contributed by atoms with Crippen molar-refractivity contribution < 1.29 is 28.7 Å². The van der Waals surface area contributed by atoms with E-state index in [4.69, 9.17) is 9.47 Å². The van der Waals surface area contributed by atoms with E-state index in [9.17, 15) is 19.2 Å². The summed E-state index contributed by atoms with van der Waals surface area (Å²) in [6.07, 6.45) is 0.570. The topological polar surface area (TPSA) is 114 Å². The lowest BCUT2D eigenvalue weighted by molar-refractivity contribution is -0.145. The predicted octanol–water partition coefficient (Wildman–Crippen LogP) is 4.59. The first-order valence-electron chi connectivity index (χ1n) is 13.6. The van der Waals surface area contributed by atoms with Gasteiger partial charge in [-0.25, -0.2) is 4.79 Å². The summed E-state index contributed by atoms with van der Waals surface area (Å²) in [6.45, 7) is 17.3. The largest absolute Gasteiger partial charge is 0.466 e. The lowest BCUT2D eigenvalue weighted by atomic mass is 9.93. The molecule has 1 aromatic rings. The molecule has 0 heterocycles. The molecular formula is C29H47N3O6. The summed E-state index contributed by atoms with van der Waals surface area (Å²) >= 11 is 0. The number of alkyl carbamates (subject to hydrolysis) is 1. The van der Waals surface area contributed by atoms with Crippen LogP contribution in [0.25, 0.3) is 0 Å². The fourth-order valence-corrected chi connectivity index (χ4v) is 4.10. The summed E-state index contributed by atoms with van der Waals surface area (Å²) < 4.78 is 10.4. The maximum atomic E-state index is 14.1. The minimum atomic E-state index is -0.947. The van der Waals surface area contributed by atoms with Crippen molar-refractivity contribution in [1.29, 1.82) is 0 Å². The highest BCUT2D eigenvalue weighted by Crippen LogP contribution is 2.28. The number of hydrogen-bond acceptors (Lipinski definition) is 6. The Bertz CT molecular complexity index is 956. The molecule has 0 spiro atoms. The fraction of sp³-hybridized carbons (Fsp3) is 0.655. The maximum Gasteiger partial charge on any atom is 0.408 e. The Labute approximate surface area is 228 Å². The summed E-state index contributed by atoms with van der Waals surface area (Å²) in [5.74, 6) is -1.38. The van der Waals surface area contributed by atoms with Crippen LogP contribution in [0.4, 0.5) is 4.79 Å². The molecule has 0 aliphatic rings. The van der Waals surface area contributed by atoms with Gasteiger partial charge in [-0.1, -0.05) is 51.0 Å². The Morgan fingerprint density at radius 2 is 1.71 bits per heavy atom. The highest BCUT2D eigenvalue weighted by molar-refractivity contribution is 5.92. The summed E-state index contributed by atoms with van der Waals surface area (Å²) in [5.41, 5.74) is 1.86. The monoisotopic (exact) mass is 533 g/mol. The number of hydrogen-bond donors (Lipinski definition) is 2. The minimum absolute atomic E-state index is 0.0244. The Kier molecular flexibility index (Phi) is 13.3. The van der Waals surface area contributed by atoms with Crippen molar-refractivity contribution in [2.45, 2.75) is 99.3 Å². The molecular weight excluding hydrogens is 486 g/mol. The van der Waals surface area contributed by atoms with Gasteiger partial charge < -0.3 is 25.0 Å². The Hall–Kier alpha value is -3.10. The molecule has 38 heavy (non-hydrogen) atoms. The molecule has 0 saturated carbocycles. The van der Waals surface area contributed by atoms with Crippen LogP contribution in [0.15, 0.2) is 18.2 Å². The second-order valence-corrected chi connectivity index (χ2v) is 10.6. The Morgan fingerprint density at radius 1 is 1.05 bits per heavy atom. The van der Waals surface area contributed by atoms with Crippen LogP contribution in [-0.2, 0) is 23.9 Å². The molecule has 9 nitrogen and oxygen atoms in total. The quantitative estimate of drug-likeness (QED) is 0.359. The molecule has 2 N–H and O–H groups in total. The predicted molar refractivity (Wildman–Crippen MR) is 148 cm³/mol. The van der Waals surface area contributed by atoms with Gasteiger partial charge in [-0.05, 0) is 65.0 Å². The number of carbonyl (C=O) groups excluding carboxylic acids is 4. The molecule has 0 bridgehead atoms. The van der Waals surface area contributed by atoms with Crippen molar-refractivity contribution in [1.82, 2.24) is 15.5 Å². The molecule has 3 unspecified atom stereocenters. The van der Waals surface area contributed by atoms with Crippen LogP contribution in [-0.4, -0.2) is 60.1 Å². The average Bonchev–Trinajstić information content (AvgIpc) is 2.81. The highest BCUT2D eigenvalue weighted by atomic mass is 16.6. The first-order chi connectivity index (χ1) is 17.7. The van der Waals surface area contributed by atoms with Crippen molar-refractivity contribution in [2.75, 3.05) is 19.7 Å². The van der Waals surface area contributed by atoms with Gasteiger partial charge >= 0.3 is 12.1 Å². The van der Waals surface area contributed by atoms with Crippen LogP contribution in [0, 0.1) is 19.8 Å². The molecule has 0 aromatic heterocycles.